The van der Waals surface area contributed by atoms with Crippen LogP contribution < -0.4 is 5.32 Å². The molecule has 1 atom stereocenters. The summed E-state index contributed by atoms with van der Waals surface area (Å²) in [4.78, 5) is 12.5. The minimum absolute atomic E-state index is 0.121. The van der Waals surface area contributed by atoms with E-state index in [2.05, 4.69) is 5.32 Å². The Balaban J connectivity index is 2.26. The summed E-state index contributed by atoms with van der Waals surface area (Å²) < 4.78 is 0. The van der Waals surface area contributed by atoms with Gasteiger partial charge < -0.3 is 10.4 Å². The minimum atomic E-state index is -0.404. The first-order valence-electron chi connectivity index (χ1n) is 6.07. The molecular formula is C14H21NO2S. The molecule has 0 aromatic carbocycles. The maximum atomic E-state index is 11.5. The van der Waals surface area contributed by atoms with Gasteiger partial charge in [0.05, 0.1) is 6.10 Å². The largest absolute Gasteiger partial charge is 0.393 e. The molecule has 0 bridgehead atoms. The molecule has 0 spiro atoms. The van der Waals surface area contributed by atoms with Crippen LogP contribution in [0.4, 0.5) is 0 Å². The van der Waals surface area contributed by atoms with Crippen LogP contribution in [0.1, 0.15) is 32.1 Å². The number of hydrogen-bond donors (Lipinski definition) is 2. The van der Waals surface area contributed by atoms with Gasteiger partial charge in [-0.2, -0.15) is 0 Å². The molecule has 3 nitrogen and oxygen atoms in total. The van der Waals surface area contributed by atoms with Crippen molar-refractivity contribution in [1.82, 2.24) is 5.32 Å². The van der Waals surface area contributed by atoms with E-state index in [-0.39, 0.29) is 11.3 Å². The number of rotatable bonds is 5. The van der Waals surface area contributed by atoms with Crippen molar-refractivity contribution in [2.75, 3.05) is 6.54 Å². The summed E-state index contributed by atoms with van der Waals surface area (Å²) in [7, 11) is 0. The Hall–Kier alpha value is -1.13. The lowest BCUT2D eigenvalue weighted by atomic mass is 9.87. The first-order valence-corrected chi connectivity index (χ1v) is 6.95. The minimum Gasteiger partial charge on any atom is -0.393 e. The molecule has 0 aliphatic heterocycles. The highest BCUT2D eigenvalue weighted by Crippen LogP contribution is 2.20. The van der Waals surface area contributed by atoms with Crippen LogP contribution >= 0.6 is 11.3 Å². The average Bonchev–Trinajstić information content (AvgIpc) is 2.77. The number of hydrogen-bond acceptors (Lipinski definition) is 3. The summed E-state index contributed by atoms with van der Waals surface area (Å²) >= 11 is 1.59. The van der Waals surface area contributed by atoms with Crippen LogP contribution in [0.5, 0.6) is 0 Å². The van der Waals surface area contributed by atoms with Crippen LogP contribution in [0.3, 0.4) is 0 Å². The average molecular weight is 267 g/mol. The first-order chi connectivity index (χ1) is 8.39. The molecule has 0 fully saturated rings. The third kappa shape index (κ3) is 5.47. The van der Waals surface area contributed by atoms with E-state index in [1.165, 1.54) is 6.08 Å². The zero-order valence-corrected chi connectivity index (χ0v) is 12.0. The van der Waals surface area contributed by atoms with Gasteiger partial charge in [-0.3, -0.25) is 4.79 Å². The van der Waals surface area contributed by atoms with Gasteiger partial charge in [0.25, 0.3) is 0 Å². The van der Waals surface area contributed by atoms with Gasteiger partial charge in [-0.1, -0.05) is 26.8 Å². The molecule has 4 heteroatoms. The number of aliphatic hydroxyl groups is 1. The summed E-state index contributed by atoms with van der Waals surface area (Å²) in [6.45, 7) is 6.44. The standard InChI is InChI=1S/C14H21NO2S/c1-14(2,3)12(16)8-9-15-13(17)7-6-11-5-4-10-18-11/h4-7,10,12,16H,8-9H2,1-3H3,(H,15,17)/b7-6+. The van der Waals surface area contributed by atoms with E-state index in [4.69, 9.17) is 0 Å². The second kappa shape index (κ2) is 6.71. The van der Waals surface area contributed by atoms with Gasteiger partial charge in [0, 0.05) is 17.5 Å². The third-order valence-electron chi connectivity index (χ3n) is 2.66. The van der Waals surface area contributed by atoms with Crippen LogP contribution in [-0.2, 0) is 4.79 Å². The molecule has 0 aliphatic rings. The van der Waals surface area contributed by atoms with Gasteiger partial charge in [-0.15, -0.1) is 11.3 Å². The van der Waals surface area contributed by atoms with Crippen LogP contribution in [0.2, 0.25) is 0 Å². The predicted molar refractivity (Wildman–Crippen MR) is 76.4 cm³/mol. The molecular weight excluding hydrogens is 246 g/mol. The van der Waals surface area contributed by atoms with E-state index in [1.54, 1.807) is 17.4 Å². The third-order valence-corrected chi connectivity index (χ3v) is 3.50. The molecule has 100 valence electrons. The van der Waals surface area contributed by atoms with Crippen molar-refractivity contribution in [3.8, 4) is 0 Å². The highest BCUT2D eigenvalue weighted by molar-refractivity contribution is 7.10. The molecule has 2 N–H and O–H groups in total. The van der Waals surface area contributed by atoms with Gasteiger partial charge in [0.15, 0.2) is 0 Å². The topological polar surface area (TPSA) is 49.3 Å². The summed E-state index contributed by atoms with van der Waals surface area (Å²) in [6, 6.07) is 3.90. The fourth-order valence-electron chi connectivity index (χ4n) is 1.37. The van der Waals surface area contributed by atoms with Gasteiger partial charge in [-0.25, -0.2) is 0 Å². The Labute approximate surface area is 113 Å². The Morgan fingerprint density at radius 1 is 1.56 bits per heavy atom. The highest BCUT2D eigenvalue weighted by atomic mass is 32.1. The Bertz CT molecular complexity index is 390. The number of amides is 1. The second-order valence-electron chi connectivity index (χ2n) is 5.31. The molecule has 1 amide bonds. The lowest BCUT2D eigenvalue weighted by molar-refractivity contribution is -0.116. The summed E-state index contributed by atoms with van der Waals surface area (Å²) in [5.74, 6) is -0.121. The van der Waals surface area contributed by atoms with Gasteiger partial charge in [0.2, 0.25) is 5.91 Å². The van der Waals surface area contributed by atoms with Crippen LogP contribution in [-0.4, -0.2) is 23.7 Å². The first kappa shape index (κ1) is 14.9. The molecule has 1 rings (SSSR count). The molecule has 1 unspecified atom stereocenters. The lowest BCUT2D eigenvalue weighted by Crippen LogP contribution is -2.31. The van der Waals surface area contributed by atoms with Crippen molar-refractivity contribution in [2.45, 2.75) is 33.3 Å². The van der Waals surface area contributed by atoms with Crippen LogP contribution in [0, 0.1) is 5.41 Å². The Morgan fingerprint density at radius 3 is 2.83 bits per heavy atom. The van der Waals surface area contributed by atoms with Crippen molar-refractivity contribution in [1.29, 1.82) is 0 Å². The molecule has 0 radical (unpaired) electrons. The SMILES string of the molecule is CC(C)(C)C(O)CCNC(=O)/C=C/c1cccs1. The van der Waals surface area contributed by atoms with Crippen LogP contribution in [0.15, 0.2) is 23.6 Å². The van der Waals surface area contributed by atoms with E-state index < -0.39 is 6.10 Å². The summed E-state index contributed by atoms with van der Waals surface area (Å²) in [5, 5.41) is 14.5. The Kier molecular flexibility index (Phi) is 5.56. The van der Waals surface area contributed by atoms with E-state index in [9.17, 15) is 9.90 Å². The quantitative estimate of drug-likeness (QED) is 0.806. The van der Waals surface area contributed by atoms with Gasteiger partial charge >= 0.3 is 0 Å². The normalized spacial score (nSPS) is 13.8. The molecule has 0 aliphatic carbocycles. The van der Waals surface area contributed by atoms with Crippen molar-refractivity contribution < 1.29 is 9.90 Å². The zero-order valence-electron chi connectivity index (χ0n) is 11.1. The van der Waals surface area contributed by atoms with E-state index >= 15 is 0 Å². The van der Waals surface area contributed by atoms with Crippen molar-refractivity contribution in [2.24, 2.45) is 5.41 Å². The maximum Gasteiger partial charge on any atom is 0.244 e. The lowest BCUT2D eigenvalue weighted by Gasteiger charge is -2.25. The number of nitrogens with one attached hydrogen (secondary N) is 1. The molecule has 0 saturated carbocycles. The molecule has 1 aromatic rings. The number of carbonyl (C=O) groups excluding carboxylic acids is 1. The maximum absolute atomic E-state index is 11.5. The molecule has 0 saturated heterocycles. The second-order valence-corrected chi connectivity index (χ2v) is 6.29. The van der Waals surface area contributed by atoms with E-state index in [0.717, 1.165) is 4.88 Å². The zero-order chi connectivity index (χ0) is 13.6. The fraction of sp³-hybridized carbons (Fsp3) is 0.500. The fourth-order valence-corrected chi connectivity index (χ4v) is 1.99. The smallest absolute Gasteiger partial charge is 0.244 e. The van der Waals surface area contributed by atoms with Crippen molar-refractivity contribution in [3.05, 3.63) is 28.5 Å². The summed E-state index contributed by atoms with van der Waals surface area (Å²) in [5.41, 5.74) is -0.141. The molecule has 18 heavy (non-hydrogen) atoms. The van der Waals surface area contributed by atoms with Gasteiger partial charge in [-0.05, 0) is 29.4 Å². The van der Waals surface area contributed by atoms with Crippen molar-refractivity contribution in [3.63, 3.8) is 0 Å². The van der Waals surface area contributed by atoms with E-state index in [0.29, 0.717) is 13.0 Å². The Morgan fingerprint density at radius 2 is 2.28 bits per heavy atom. The number of thiophene rings is 1. The van der Waals surface area contributed by atoms with E-state index in [1.807, 2.05) is 38.3 Å². The predicted octanol–water partition coefficient (Wildman–Crippen LogP) is 2.67. The van der Waals surface area contributed by atoms with Crippen molar-refractivity contribution >= 4 is 23.3 Å². The summed E-state index contributed by atoms with van der Waals surface area (Å²) in [6.07, 6.45) is 3.48. The van der Waals surface area contributed by atoms with Crippen LogP contribution in [0.25, 0.3) is 6.08 Å². The molecule has 1 aromatic heterocycles. The highest BCUT2D eigenvalue weighted by Gasteiger charge is 2.21. The number of aliphatic hydroxyl groups excluding tert-OH is 1. The monoisotopic (exact) mass is 267 g/mol. The molecule has 1 heterocycles. The number of carbonyl (C=O) groups is 1. The van der Waals surface area contributed by atoms with Gasteiger partial charge in [0.1, 0.15) is 0 Å².